The number of hydrogen-bond acceptors (Lipinski definition) is 2. The number of anilines is 1. The molecule has 0 spiro atoms. The molecule has 20 heavy (non-hydrogen) atoms. The number of hydrogen-bond donors (Lipinski definition) is 2. The Hall–Kier alpha value is -1.91. The van der Waals surface area contributed by atoms with Crippen LogP contribution in [0.1, 0.15) is 48.9 Å². The van der Waals surface area contributed by atoms with E-state index in [1.54, 1.807) is 0 Å². The van der Waals surface area contributed by atoms with E-state index in [0.29, 0.717) is 12.3 Å². The van der Waals surface area contributed by atoms with Gasteiger partial charge in [0.15, 0.2) is 0 Å². The number of benzene rings is 1. The summed E-state index contributed by atoms with van der Waals surface area (Å²) < 4.78 is 13.2. The highest BCUT2D eigenvalue weighted by molar-refractivity contribution is 6.00. The molecule has 1 aliphatic rings. The molecule has 0 saturated heterocycles. The van der Waals surface area contributed by atoms with Crippen LogP contribution in [0.25, 0.3) is 0 Å². The molecule has 1 aromatic rings. The number of amides is 1. The van der Waals surface area contributed by atoms with Crippen LogP contribution in [0.5, 0.6) is 0 Å². The van der Waals surface area contributed by atoms with Crippen molar-refractivity contribution in [2.75, 3.05) is 5.32 Å². The third-order valence-corrected chi connectivity index (χ3v) is 3.68. The zero-order valence-electron chi connectivity index (χ0n) is 11.2. The van der Waals surface area contributed by atoms with Crippen molar-refractivity contribution in [3.05, 3.63) is 29.6 Å². The van der Waals surface area contributed by atoms with Gasteiger partial charge in [-0.05, 0) is 37.0 Å². The minimum Gasteiger partial charge on any atom is -0.478 e. The molecule has 0 radical (unpaired) electrons. The molecule has 0 atom stereocenters. The van der Waals surface area contributed by atoms with Gasteiger partial charge in [-0.1, -0.05) is 19.3 Å². The van der Waals surface area contributed by atoms with E-state index in [9.17, 15) is 14.0 Å². The monoisotopic (exact) mass is 279 g/mol. The second kappa shape index (κ2) is 6.50. The Bertz CT molecular complexity index is 510. The highest BCUT2D eigenvalue weighted by Gasteiger charge is 2.19. The van der Waals surface area contributed by atoms with E-state index in [1.807, 2.05) is 0 Å². The Labute approximate surface area is 117 Å². The Balaban J connectivity index is 2.03. The van der Waals surface area contributed by atoms with Crippen LogP contribution in [0.4, 0.5) is 10.1 Å². The van der Waals surface area contributed by atoms with Gasteiger partial charge in [0.2, 0.25) is 5.91 Å². The average Bonchev–Trinajstić information content (AvgIpc) is 2.39. The lowest BCUT2D eigenvalue weighted by Crippen LogP contribution is -2.19. The predicted molar refractivity (Wildman–Crippen MR) is 73.2 cm³/mol. The number of halogens is 1. The van der Waals surface area contributed by atoms with E-state index in [4.69, 9.17) is 5.11 Å². The van der Waals surface area contributed by atoms with Crippen LogP contribution in [0.2, 0.25) is 0 Å². The number of rotatable bonds is 4. The van der Waals surface area contributed by atoms with Crippen molar-refractivity contribution in [2.24, 2.45) is 5.92 Å². The van der Waals surface area contributed by atoms with Gasteiger partial charge in [-0.15, -0.1) is 0 Å². The molecule has 1 aromatic carbocycles. The number of carboxylic acid groups (broad SMARTS) is 1. The van der Waals surface area contributed by atoms with Crippen molar-refractivity contribution < 1.29 is 19.1 Å². The summed E-state index contributed by atoms with van der Waals surface area (Å²) in [5.74, 6) is -1.64. The molecule has 0 heterocycles. The number of carbonyl (C=O) groups excluding carboxylic acids is 1. The summed E-state index contributed by atoms with van der Waals surface area (Å²) in [5.41, 5.74) is -0.0679. The van der Waals surface area contributed by atoms with Crippen LogP contribution >= 0.6 is 0 Å². The zero-order chi connectivity index (χ0) is 14.5. The van der Waals surface area contributed by atoms with Crippen LogP contribution in [-0.4, -0.2) is 17.0 Å². The van der Waals surface area contributed by atoms with Crippen molar-refractivity contribution in [2.45, 2.75) is 38.5 Å². The molecule has 0 aliphatic heterocycles. The Morgan fingerprint density at radius 1 is 1.25 bits per heavy atom. The van der Waals surface area contributed by atoms with Crippen LogP contribution in [-0.2, 0) is 4.79 Å². The molecule has 5 heteroatoms. The molecule has 1 fully saturated rings. The zero-order valence-corrected chi connectivity index (χ0v) is 11.2. The lowest BCUT2D eigenvalue weighted by molar-refractivity contribution is -0.117. The van der Waals surface area contributed by atoms with E-state index in [2.05, 4.69) is 5.32 Å². The standard InChI is InChI=1S/C15H18FNO3/c16-11-6-7-12(15(19)20)13(9-11)17-14(18)8-10-4-2-1-3-5-10/h6-7,9-10H,1-5,8H2,(H,17,18)(H,19,20). The largest absolute Gasteiger partial charge is 0.478 e. The highest BCUT2D eigenvalue weighted by Crippen LogP contribution is 2.27. The van der Waals surface area contributed by atoms with Crippen LogP contribution < -0.4 is 5.32 Å². The SMILES string of the molecule is O=C(CC1CCCCC1)Nc1cc(F)ccc1C(=O)O. The third kappa shape index (κ3) is 3.79. The fourth-order valence-corrected chi connectivity index (χ4v) is 2.66. The summed E-state index contributed by atoms with van der Waals surface area (Å²) in [4.78, 5) is 23.0. The maximum atomic E-state index is 13.2. The van der Waals surface area contributed by atoms with Gasteiger partial charge in [0.1, 0.15) is 5.82 Å². The smallest absolute Gasteiger partial charge is 0.337 e. The summed E-state index contributed by atoms with van der Waals surface area (Å²) in [5, 5.41) is 11.5. The molecule has 1 aliphatic carbocycles. The molecule has 2 rings (SSSR count). The Morgan fingerprint density at radius 2 is 1.95 bits per heavy atom. The van der Waals surface area contributed by atoms with Gasteiger partial charge in [0.05, 0.1) is 11.3 Å². The van der Waals surface area contributed by atoms with E-state index >= 15 is 0 Å². The van der Waals surface area contributed by atoms with E-state index < -0.39 is 11.8 Å². The maximum absolute atomic E-state index is 13.2. The minimum atomic E-state index is -1.18. The number of carbonyl (C=O) groups is 2. The molecule has 4 nitrogen and oxygen atoms in total. The number of aromatic carboxylic acids is 1. The van der Waals surface area contributed by atoms with Crippen molar-refractivity contribution in [1.29, 1.82) is 0 Å². The summed E-state index contributed by atoms with van der Waals surface area (Å²) in [7, 11) is 0. The van der Waals surface area contributed by atoms with Crippen molar-refractivity contribution in [3.63, 3.8) is 0 Å². The molecule has 0 aromatic heterocycles. The molecule has 2 N–H and O–H groups in total. The lowest BCUT2D eigenvalue weighted by atomic mass is 9.87. The van der Waals surface area contributed by atoms with E-state index in [-0.39, 0.29) is 17.2 Å². The number of carboxylic acids is 1. The summed E-state index contributed by atoms with van der Waals surface area (Å²) in [6, 6.07) is 3.27. The van der Waals surface area contributed by atoms with Gasteiger partial charge in [-0.2, -0.15) is 0 Å². The summed E-state index contributed by atoms with van der Waals surface area (Å²) in [6.07, 6.45) is 5.92. The van der Waals surface area contributed by atoms with Gasteiger partial charge in [0.25, 0.3) is 0 Å². The molecule has 108 valence electrons. The molecule has 1 amide bonds. The van der Waals surface area contributed by atoms with Gasteiger partial charge in [-0.25, -0.2) is 9.18 Å². The first-order valence-corrected chi connectivity index (χ1v) is 6.89. The predicted octanol–water partition coefficient (Wildman–Crippen LogP) is 3.43. The first kappa shape index (κ1) is 14.5. The van der Waals surface area contributed by atoms with Crippen LogP contribution in [0.15, 0.2) is 18.2 Å². The van der Waals surface area contributed by atoms with E-state index in [1.165, 1.54) is 6.42 Å². The topological polar surface area (TPSA) is 66.4 Å². The van der Waals surface area contributed by atoms with Crippen LogP contribution in [0, 0.1) is 11.7 Å². The maximum Gasteiger partial charge on any atom is 0.337 e. The van der Waals surface area contributed by atoms with Crippen LogP contribution in [0.3, 0.4) is 0 Å². The average molecular weight is 279 g/mol. The van der Waals surface area contributed by atoms with Crippen molar-refractivity contribution in [3.8, 4) is 0 Å². The first-order chi connectivity index (χ1) is 9.56. The fraction of sp³-hybridized carbons (Fsp3) is 0.467. The quantitative estimate of drug-likeness (QED) is 0.887. The summed E-state index contributed by atoms with van der Waals surface area (Å²) >= 11 is 0. The van der Waals surface area contributed by atoms with Gasteiger partial charge in [0, 0.05) is 6.42 Å². The minimum absolute atomic E-state index is 0.0262. The highest BCUT2D eigenvalue weighted by atomic mass is 19.1. The van der Waals surface area contributed by atoms with Gasteiger partial charge < -0.3 is 10.4 Å². The Kier molecular flexibility index (Phi) is 4.71. The number of nitrogens with one attached hydrogen (secondary N) is 1. The molecular weight excluding hydrogens is 261 g/mol. The second-order valence-corrected chi connectivity index (χ2v) is 5.25. The molecular formula is C15H18FNO3. The molecule has 0 unspecified atom stereocenters. The van der Waals surface area contributed by atoms with Crippen molar-refractivity contribution in [1.82, 2.24) is 0 Å². The second-order valence-electron chi connectivity index (χ2n) is 5.25. The fourth-order valence-electron chi connectivity index (χ4n) is 2.66. The molecule has 1 saturated carbocycles. The van der Waals surface area contributed by atoms with E-state index in [0.717, 1.165) is 43.9 Å². The summed E-state index contributed by atoms with van der Waals surface area (Å²) in [6.45, 7) is 0. The van der Waals surface area contributed by atoms with Crippen molar-refractivity contribution >= 4 is 17.6 Å². The third-order valence-electron chi connectivity index (χ3n) is 3.68. The first-order valence-electron chi connectivity index (χ1n) is 6.89. The lowest BCUT2D eigenvalue weighted by Gasteiger charge is -2.21. The Morgan fingerprint density at radius 3 is 2.60 bits per heavy atom. The van der Waals surface area contributed by atoms with Gasteiger partial charge >= 0.3 is 5.97 Å². The van der Waals surface area contributed by atoms with Gasteiger partial charge in [-0.3, -0.25) is 4.79 Å². The normalized spacial score (nSPS) is 15.8. The molecule has 0 bridgehead atoms.